The first-order valence-electron chi connectivity index (χ1n) is 7.03. The van der Waals surface area contributed by atoms with Gasteiger partial charge in [0, 0.05) is 37.3 Å². The Hall–Kier alpha value is -1.46. The molecule has 0 aliphatic heterocycles. The predicted octanol–water partition coefficient (Wildman–Crippen LogP) is 2.01. The van der Waals surface area contributed by atoms with Gasteiger partial charge < -0.3 is 20.6 Å². The Labute approximate surface area is 120 Å². The van der Waals surface area contributed by atoms with Gasteiger partial charge in [-0.05, 0) is 33.8 Å². The van der Waals surface area contributed by atoms with Gasteiger partial charge in [0.1, 0.15) is 0 Å². The smallest absolute Gasteiger partial charge is 0.200 e. The summed E-state index contributed by atoms with van der Waals surface area (Å²) in [4.78, 5) is 2.38. The molecule has 0 spiro atoms. The Kier molecular flexibility index (Phi) is 6.10. The van der Waals surface area contributed by atoms with Crippen LogP contribution >= 0.6 is 0 Å². The van der Waals surface area contributed by atoms with Gasteiger partial charge in [-0.3, -0.25) is 4.90 Å². The molecule has 0 bridgehead atoms. The molecule has 1 aromatic rings. The monoisotopic (exact) mass is 282 g/mol. The Morgan fingerprint density at radius 1 is 1.00 bits per heavy atom. The molecule has 5 heteroatoms. The lowest BCUT2D eigenvalue weighted by Gasteiger charge is -2.30. The van der Waals surface area contributed by atoms with E-state index in [1.807, 2.05) is 0 Å². The van der Waals surface area contributed by atoms with Gasteiger partial charge >= 0.3 is 0 Å². The van der Waals surface area contributed by atoms with Gasteiger partial charge in [0.05, 0.1) is 0 Å². The first-order chi connectivity index (χ1) is 9.34. The van der Waals surface area contributed by atoms with E-state index in [-0.39, 0.29) is 11.5 Å². The van der Waals surface area contributed by atoms with Crippen LogP contribution in [0, 0.1) is 0 Å². The van der Waals surface area contributed by atoms with E-state index in [2.05, 4.69) is 37.9 Å². The SMILES string of the molecule is CC(C)N(CCNCc1ccc(O)c(O)c1O)C(C)C. The maximum Gasteiger partial charge on any atom is 0.200 e. The van der Waals surface area contributed by atoms with Crippen molar-refractivity contribution in [2.24, 2.45) is 0 Å². The fraction of sp³-hybridized carbons (Fsp3) is 0.600. The van der Waals surface area contributed by atoms with Crippen molar-refractivity contribution in [2.75, 3.05) is 13.1 Å². The number of nitrogens with one attached hydrogen (secondary N) is 1. The minimum atomic E-state index is -0.463. The van der Waals surface area contributed by atoms with Gasteiger partial charge in [-0.15, -0.1) is 0 Å². The zero-order valence-electron chi connectivity index (χ0n) is 12.7. The molecule has 0 saturated carbocycles. The summed E-state index contributed by atoms with van der Waals surface area (Å²) < 4.78 is 0. The fourth-order valence-corrected chi connectivity index (χ4v) is 2.30. The van der Waals surface area contributed by atoms with Crippen molar-refractivity contribution < 1.29 is 15.3 Å². The average molecular weight is 282 g/mol. The molecular weight excluding hydrogens is 256 g/mol. The lowest BCUT2D eigenvalue weighted by molar-refractivity contribution is 0.175. The van der Waals surface area contributed by atoms with E-state index in [0.29, 0.717) is 24.2 Å². The maximum atomic E-state index is 9.70. The Bertz CT molecular complexity index is 425. The molecule has 0 aromatic heterocycles. The average Bonchev–Trinajstić information content (AvgIpc) is 2.37. The lowest BCUT2D eigenvalue weighted by atomic mass is 10.1. The summed E-state index contributed by atoms with van der Waals surface area (Å²) >= 11 is 0. The van der Waals surface area contributed by atoms with Gasteiger partial charge in [0.25, 0.3) is 0 Å². The summed E-state index contributed by atoms with van der Waals surface area (Å²) in [5.74, 6) is -1.03. The van der Waals surface area contributed by atoms with Crippen molar-refractivity contribution in [2.45, 2.75) is 46.3 Å². The van der Waals surface area contributed by atoms with Crippen molar-refractivity contribution in [3.63, 3.8) is 0 Å². The molecule has 0 heterocycles. The topological polar surface area (TPSA) is 76.0 Å². The number of rotatable bonds is 7. The molecule has 4 N–H and O–H groups in total. The number of aromatic hydroxyl groups is 3. The number of hydrogen-bond acceptors (Lipinski definition) is 5. The molecule has 0 aliphatic carbocycles. The highest BCUT2D eigenvalue weighted by atomic mass is 16.3. The normalized spacial score (nSPS) is 11.8. The van der Waals surface area contributed by atoms with Crippen LogP contribution in [-0.4, -0.2) is 45.4 Å². The molecule has 5 nitrogen and oxygen atoms in total. The Morgan fingerprint density at radius 2 is 1.60 bits per heavy atom. The van der Waals surface area contributed by atoms with Crippen molar-refractivity contribution in [3.05, 3.63) is 17.7 Å². The minimum Gasteiger partial charge on any atom is -0.504 e. The second-order valence-corrected chi connectivity index (χ2v) is 5.54. The number of phenols is 3. The molecule has 0 radical (unpaired) electrons. The van der Waals surface area contributed by atoms with Crippen molar-refractivity contribution in [1.29, 1.82) is 0 Å². The highest BCUT2D eigenvalue weighted by molar-refractivity contribution is 5.52. The molecule has 0 aliphatic rings. The highest BCUT2D eigenvalue weighted by Gasteiger charge is 2.13. The van der Waals surface area contributed by atoms with Crippen molar-refractivity contribution in [3.8, 4) is 17.2 Å². The van der Waals surface area contributed by atoms with E-state index in [9.17, 15) is 15.3 Å². The van der Waals surface area contributed by atoms with Crippen LogP contribution in [0.3, 0.4) is 0 Å². The molecule has 0 atom stereocenters. The number of hydrogen-bond donors (Lipinski definition) is 4. The lowest BCUT2D eigenvalue weighted by Crippen LogP contribution is -2.41. The molecule has 0 amide bonds. The molecule has 20 heavy (non-hydrogen) atoms. The molecule has 1 rings (SSSR count). The van der Waals surface area contributed by atoms with Crippen LogP contribution in [0.1, 0.15) is 33.3 Å². The zero-order valence-corrected chi connectivity index (χ0v) is 12.7. The quantitative estimate of drug-likeness (QED) is 0.455. The van der Waals surface area contributed by atoms with E-state index in [1.54, 1.807) is 6.07 Å². The summed E-state index contributed by atoms with van der Waals surface area (Å²) in [6.45, 7) is 10.8. The van der Waals surface area contributed by atoms with E-state index >= 15 is 0 Å². The van der Waals surface area contributed by atoms with Crippen LogP contribution in [0.5, 0.6) is 17.2 Å². The van der Waals surface area contributed by atoms with Gasteiger partial charge in [0.15, 0.2) is 11.5 Å². The van der Waals surface area contributed by atoms with Gasteiger partial charge in [-0.25, -0.2) is 0 Å². The standard InChI is InChI=1S/C15H26N2O3/c1-10(2)17(11(3)4)8-7-16-9-12-5-6-13(18)15(20)14(12)19/h5-6,10-11,16,18-20H,7-9H2,1-4H3. The third kappa shape index (κ3) is 4.28. The molecule has 0 fully saturated rings. The summed E-state index contributed by atoms with van der Waals surface area (Å²) in [5, 5.41) is 31.6. The molecule has 0 unspecified atom stereocenters. The maximum absolute atomic E-state index is 9.70. The number of benzene rings is 1. The summed E-state index contributed by atoms with van der Waals surface area (Å²) in [6, 6.07) is 3.95. The van der Waals surface area contributed by atoms with Gasteiger partial charge in [-0.2, -0.15) is 0 Å². The van der Waals surface area contributed by atoms with E-state index in [1.165, 1.54) is 6.07 Å². The molecule has 0 saturated heterocycles. The largest absolute Gasteiger partial charge is 0.504 e. The zero-order chi connectivity index (χ0) is 15.3. The van der Waals surface area contributed by atoms with E-state index < -0.39 is 5.75 Å². The van der Waals surface area contributed by atoms with Gasteiger partial charge in [-0.1, -0.05) is 6.07 Å². The summed E-state index contributed by atoms with van der Waals surface area (Å²) in [7, 11) is 0. The minimum absolute atomic E-state index is 0.262. The number of nitrogens with zero attached hydrogens (tertiary/aromatic N) is 1. The van der Waals surface area contributed by atoms with Gasteiger partial charge in [0.2, 0.25) is 5.75 Å². The van der Waals surface area contributed by atoms with E-state index in [0.717, 1.165) is 13.1 Å². The second-order valence-electron chi connectivity index (χ2n) is 5.54. The van der Waals surface area contributed by atoms with Crippen LogP contribution in [0.2, 0.25) is 0 Å². The predicted molar refractivity (Wildman–Crippen MR) is 80.1 cm³/mol. The fourth-order valence-electron chi connectivity index (χ4n) is 2.30. The van der Waals surface area contributed by atoms with Crippen LogP contribution < -0.4 is 5.32 Å². The van der Waals surface area contributed by atoms with Crippen molar-refractivity contribution in [1.82, 2.24) is 10.2 Å². The molecule has 1 aromatic carbocycles. The Morgan fingerprint density at radius 3 is 2.15 bits per heavy atom. The summed E-state index contributed by atoms with van der Waals surface area (Å²) in [5.41, 5.74) is 0.570. The Balaban J connectivity index is 2.47. The van der Waals surface area contributed by atoms with E-state index in [4.69, 9.17) is 0 Å². The van der Waals surface area contributed by atoms with Crippen LogP contribution in [-0.2, 0) is 6.54 Å². The van der Waals surface area contributed by atoms with Crippen LogP contribution in [0.25, 0.3) is 0 Å². The van der Waals surface area contributed by atoms with Crippen molar-refractivity contribution >= 4 is 0 Å². The second kappa shape index (κ2) is 7.36. The molecule has 114 valence electrons. The first kappa shape index (κ1) is 16.6. The summed E-state index contributed by atoms with van der Waals surface area (Å²) in [6.07, 6.45) is 0. The van der Waals surface area contributed by atoms with Crippen LogP contribution in [0.4, 0.5) is 0 Å². The molecular formula is C15H26N2O3. The third-order valence-electron chi connectivity index (χ3n) is 3.40. The first-order valence-corrected chi connectivity index (χ1v) is 7.03. The van der Waals surface area contributed by atoms with Crippen LogP contribution in [0.15, 0.2) is 12.1 Å². The highest BCUT2D eigenvalue weighted by Crippen LogP contribution is 2.36. The third-order valence-corrected chi connectivity index (χ3v) is 3.40. The number of phenolic OH excluding ortho intramolecular Hbond substituents is 3.